The lowest BCUT2D eigenvalue weighted by Crippen LogP contribution is -2.52. The van der Waals surface area contributed by atoms with Crippen LogP contribution in [0.5, 0.6) is 0 Å². The minimum absolute atomic E-state index is 0.120. The average molecular weight is 402 g/mol. The van der Waals surface area contributed by atoms with E-state index < -0.39 is 12.1 Å². The second-order valence-corrected chi connectivity index (χ2v) is 7.76. The van der Waals surface area contributed by atoms with E-state index in [2.05, 4.69) is 10.6 Å². The zero-order valence-electron chi connectivity index (χ0n) is 13.3. The van der Waals surface area contributed by atoms with Crippen molar-refractivity contribution in [2.24, 2.45) is 0 Å². The highest BCUT2D eigenvalue weighted by Crippen LogP contribution is 2.25. The topological polar surface area (TPSA) is 78.5 Å². The summed E-state index contributed by atoms with van der Waals surface area (Å²) in [5.41, 5.74) is 0.828. The molecule has 3 rings (SSSR count). The van der Waals surface area contributed by atoms with Crippen molar-refractivity contribution in [2.45, 2.75) is 31.5 Å². The molecule has 2 aliphatic rings. The van der Waals surface area contributed by atoms with Gasteiger partial charge in [-0.2, -0.15) is 0 Å². The molecule has 0 unspecified atom stereocenters. The molecule has 0 bridgehead atoms. The number of rotatable bonds is 4. The lowest BCUT2D eigenvalue weighted by atomic mass is 10.1. The van der Waals surface area contributed by atoms with E-state index >= 15 is 0 Å². The van der Waals surface area contributed by atoms with Crippen LogP contribution in [-0.2, 0) is 20.9 Å². The van der Waals surface area contributed by atoms with Gasteiger partial charge in [0.2, 0.25) is 17.7 Å². The summed E-state index contributed by atoms with van der Waals surface area (Å²) in [7, 11) is 0. The number of carbonyl (C=O) groups is 3. The quantitative estimate of drug-likeness (QED) is 0.805. The molecule has 2 fully saturated rings. The summed E-state index contributed by atoms with van der Waals surface area (Å²) in [5.74, 6) is 0.473. The molecule has 0 saturated carbocycles. The fourth-order valence-corrected chi connectivity index (χ4v) is 4.32. The van der Waals surface area contributed by atoms with Crippen LogP contribution < -0.4 is 10.6 Å². The lowest BCUT2D eigenvalue weighted by molar-refractivity contribution is -0.139. The van der Waals surface area contributed by atoms with Gasteiger partial charge in [0.05, 0.1) is 15.9 Å². The number of halogens is 2. The second kappa shape index (κ2) is 7.85. The van der Waals surface area contributed by atoms with Gasteiger partial charge in [0, 0.05) is 18.7 Å². The molecule has 2 saturated heterocycles. The highest BCUT2D eigenvalue weighted by molar-refractivity contribution is 7.99. The van der Waals surface area contributed by atoms with Crippen molar-refractivity contribution in [1.82, 2.24) is 15.5 Å². The SMILES string of the molecule is O=C1CC[C@H](C(=O)N2CSC[C@H]2C(=O)NCc2ccc(Cl)c(Cl)c2)N1. The predicted molar refractivity (Wildman–Crippen MR) is 97.4 cm³/mol. The van der Waals surface area contributed by atoms with E-state index in [4.69, 9.17) is 23.2 Å². The van der Waals surface area contributed by atoms with Crippen molar-refractivity contribution in [3.05, 3.63) is 33.8 Å². The normalized spacial score (nSPS) is 22.8. The van der Waals surface area contributed by atoms with Crippen LogP contribution in [0.25, 0.3) is 0 Å². The van der Waals surface area contributed by atoms with E-state index in [1.807, 2.05) is 0 Å². The average Bonchev–Trinajstić information content (AvgIpc) is 3.24. The number of nitrogens with one attached hydrogen (secondary N) is 2. The number of thioether (sulfide) groups is 1. The first kappa shape index (κ1) is 18.4. The first-order valence-electron chi connectivity index (χ1n) is 7.85. The molecule has 0 aromatic heterocycles. The van der Waals surface area contributed by atoms with Crippen molar-refractivity contribution < 1.29 is 14.4 Å². The van der Waals surface area contributed by atoms with Crippen LogP contribution in [0.2, 0.25) is 10.0 Å². The fraction of sp³-hybridized carbons (Fsp3) is 0.438. The van der Waals surface area contributed by atoms with Gasteiger partial charge >= 0.3 is 0 Å². The molecule has 2 heterocycles. The molecule has 0 spiro atoms. The Balaban J connectivity index is 1.59. The molecule has 1 aromatic rings. The third-order valence-corrected chi connectivity index (χ3v) is 5.96. The molecule has 0 radical (unpaired) electrons. The maximum absolute atomic E-state index is 12.6. The first-order chi connectivity index (χ1) is 12.0. The minimum atomic E-state index is -0.530. The fourth-order valence-electron chi connectivity index (χ4n) is 2.83. The maximum Gasteiger partial charge on any atom is 0.246 e. The number of carbonyl (C=O) groups excluding carboxylic acids is 3. The molecule has 2 aliphatic heterocycles. The Morgan fingerprint density at radius 1 is 1.32 bits per heavy atom. The van der Waals surface area contributed by atoms with E-state index in [-0.39, 0.29) is 17.7 Å². The van der Waals surface area contributed by atoms with Crippen LogP contribution in [0.3, 0.4) is 0 Å². The van der Waals surface area contributed by atoms with Crippen molar-refractivity contribution in [3.8, 4) is 0 Å². The summed E-state index contributed by atoms with van der Waals surface area (Å²) in [5, 5.41) is 6.38. The molecule has 1 aromatic carbocycles. The Hall–Kier alpha value is -1.44. The number of benzene rings is 1. The van der Waals surface area contributed by atoms with Gasteiger partial charge in [0.25, 0.3) is 0 Å². The van der Waals surface area contributed by atoms with Gasteiger partial charge in [-0.15, -0.1) is 11.8 Å². The Bertz CT molecular complexity index is 716. The van der Waals surface area contributed by atoms with Gasteiger partial charge < -0.3 is 15.5 Å². The van der Waals surface area contributed by atoms with Crippen LogP contribution >= 0.6 is 35.0 Å². The molecular weight excluding hydrogens is 385 g/mol. The van der Waals surface area contributed by atoms with E-state index in [1.54, 1.807) is 23.1 Å². The van der Waals surface area contributed by atoms with Crippen molar-refractivity contribution >= 4 is 52.7 Å². The second-order valence-electron chi connectivity index (χ2n) is 5.95. The van der Waals surface area contributed by atoms with E-state index in [0.717, 1.165) is 5.56 Å². The number of hydrogen-bond donors (Lipinski definition) is 2. The maximum atomic E-state index is 12.6. The molecule has 6 nitrogen and oxygen atoms in total. The number of nitrogens with zero attached hydrogens (tertiary/aromatic N) is 1. The molecule has 2 atom stereocenters. The summed E-state index contributed by atoms with van der Waals surface area (Å²) in [4.78, 5) is 37.9. The molecular formula is C16H17Cl2N3O3S. The van der Waals surface area contributed by atoms with Crippen LogP contribution in [0.1, 0.15) is 18.4 Å². The summed E-state index contributed by atoms with van der Waals surface area (Å²) in [6.07, 6.45) is 0.835. The zero-order chi connectivity index (χ0) is 18.0. The third-order valence-electron chi connectivity index (χ3n) is 4.21. The molecule has 25 heavy (non-hydrogen) atoms. The van der Waals surface area contributed by atoms with Gasteiger partial charge in [0.1, 0.15) is 12.1 Å². The Kier molecular flexibility index (Phi) is 5.76. The summed E-state index contributed by atoms with van der Waals surface area (Å²) in [6.45, 7) is 0.305. The van der Waals surface area contributed by atoms with E-state index in [1.165, 1.54) is 11.8 Å². The highest BCUT2D eigenvalue weighted by atomic mass is 35.5. The Labute approximate surface area is 159 Å². The molecule has 0 aliphatic carbocycles. The van der Waals surface area contributed by atoms with Crippen molar-refractivity contribution in [2.75, 3.05) is 11.6 Å². The number of amides is 3. The van der Waals surface area contributed by atoms with Gasteiger partial charge in [-0.25, -0.2) is 0 Å². The predicted octanol–water partition coefficient (Wildman–Crippen LogP) is 1.79. The van der Waals surface area contributed by atoms with Gasteiger partial charge in [0.15, 0.2) is 0 Å². The van der Waals surface area contributed by atoms with Gasteiger partial charge in [-0.3, -0.25) is 14.4 Å². The highest BCUT2D eigenvalue weighted by Gasteiger charge is 2.39. The lowest BCUT2D eigenvalue weighted by Gasteiger charge is -2.25. The van der Waals surface area contributed by atoms with Gasteiger partial charge in [-0.05, 0) is 24.1 Å². The largest absolute Gasteiger partial charge is 0.350 e. The molecule has 2 N–H and O–H groups in total. The molecule has 9 heteroatoms. The monoisotopic (exact) mass is 401 g/mol. The summed E-state index contributed by atoms with van der Waals surface area (Å²) < 4.78 is 0. The third kappa shape index (κ3) is 4.22. The smallest absolute Gasteiger partial charge is 0.246 e. The van der Waals surface area contributed by atoms with Crippen LogP contribution in [0, 0.1) is 0 Å². The van der Waals surface area contributed by atoms with Crippen molar-refractivity contribution in [3.63, 3.8) is 0 Å². The standard InChI is InChI=1S/C16H17Cl2N3O3S/c17-10-2-1-9(5-11(10)18)6-19-15(23)13-7-25-8-21(13)16(24)12-3-4-14(22)20-12/h1-2,5,12-13H,3-4,6-8H2,(H,19,23)(H,20,22)/t12-,13+/m1/s1. The Morgan fingerprint density at radius 2 is 2.12 bits per heavy atom. The van der Waals surface area contributed by atoms with Crippen LogP contribution in [0.4, 0.5) is 0 Å². The van der Waals surface area contributed by atoms with Crippen LogP contribution in [-0.4, -0.2) is 46.3 Å². The minimum Gasteiger partial charge on any atom is -0.350 e. The first-order valence-corrected chi connectivity index (χ1v) is 9.76. The van der Waals surface area contributed by atoms with Crippen molar-refractivity contribution in [1.29, 1.82) is 0 Å². The number of hydrogen-bond acceptors (Lipinski definition) is 4. The Morgan fingerprint density at radius 3 is 2.80 bits per heavy atom. The summed E-state index contributed by atoms with van der Waals surface area (Å²) >= 11 is 13.4. The molecule has 3 amide bonds. The molecule has 134 valence electrons. The summed E-state index contributed by atoms with van der Waals surface area (Å²) in [6, 6.07) is 4.11. The van der Waals surface area contributed by atoms with Gasteiger partial charge in [-0.1, -0.05) is 29.3 Å². The zero-order valence-corrected chi connectivity index (χ0v) is 15.6. The van der Waals surface area contributed by atoms with E-state index in [9.17, 15) is 14.4 Å². The van der Waals surface area contributed by atoms with Crippen LogP contribution in [0.15, 0.2) is 18.2 Å². The van der Waals surface area contributed by atoms with E-state index in [0.29, 0.717) is 41.1 Å².